The van der Waals surface area contributed by atoms with Crippen LogP contribution in [0.15, 0.2) is 54.5 Å². The molecule has 0 saturated heterocycles. The second-order valence-electron chi connectivity index (χ2n) is 5.17. The van der Waals surface area contributed by atoms with Crippen LogP contribution in [0.2, 0.25) is 0 Å². The first kappa shape index (κ1) is 15.9. The Bertz CT molecular complexity index is 962. The lowest BCUT2D eigenvalue weighted by atomic mass is 10.1. The van der Waals surface area contributed by atoms with Gasteiger partial charge in [0, 0.05) is 6.42 Å². The van der Waals surface area contributed by atoms with Crippen LogP contribution in [0, 0.1) is 0 Å². The molecule has 0 bridgehead atoms. The molecular weight excluding hydrogens is 379 g/mol. The van der Waals surface area contributed by atoms with Gasteiger partial charge in [-0.1, -0.05) is 30.2 Å². The van der Waals surface area contributed by atoms with E-state index in [-0.39, 0.29) is 17.7 Å². The highest BCUT2D eigenvalue weighted by Crippen LogP contribution is 2.31. The molecule has 3 N–H and O–H groups in total. The SMILES string of the molecule is O=C(O)C(=O)O.[2H]c1c([2H])c([2H])c(C(CCNC)Oc2ccc(C(F)(F)F)cc2)c([2H])c1[2H]. The Morgan fingerprint density at radius 2 is 1.64 bits per heavy atom. The van der Waals surface area contributed by atoms with Gasteiger partial charge in [0.2, 0.25) is 0 Å². The van der Waals surface area contributed by atoms with Gasteiger partial charge in [0.15, 0.2) is 0 Å². The molecule has 0 amide bonds. The monoisotopic (exact) mass is 404 g/mol. The van der Waals surface area contributed by atoms with Crippen molar-refractivity contribution >= 4 is 11.9 Å². The van der Waals surface area contributed by atoms with E-state index in [9.17, 15) is 13.2 Å². The molecule has 2 rings (SSSR count). The minimum Gasteiger partial charge on any atom is -0.486 e. The summed E-state index contributed by atoms with van der Waals surface area (Å²) in [5, 5.41) is 17.7. The molecule has 2 aromatic carbocycles. The van der Waals surface area contributed by atoms with Crippen molar-refractivity contribution in [2.45, 2.75) is 18.7 Å². The van der Waals surface area contributed by atoms with Crippen molar-refractivity contribution in [2.75, 3.05) is 13.6 Å². The maximum absolute atomic E-state index is 12.7. The average molecular weight is 404 g/mol. The van der Waals surface area contributed by atoms with Crippen LogP contribution in [-0.4, -0.2) is 35.7 Å². The van der Waals surface area contributed by atoms with Crippen LogP contribution in [0.1, 0.15) is 30.5 Å². The number of hydrogen-bond donors (Lipinski definition) is 3. The zero-order valence-corrected chi connectivity index (χ0v) is 14.6. The summed E-state index contributed by atoms with van der Waals surface area (Å²) in [6, 6.07) is 1.74. The molecule has 0 fully saturated rings. The van der Waals surface area contributed by atoms with E-state index in [4.69, 9.17) is 31.4 Å². The zero-order chi connectivity index (χ0) is 25.5. The summed E-state index contributed by atoms with van der Waals surface area (Å²) in [5.41, 5.74) is -0.861. The summed E-state index contributed by atoms with van der Waals surface area (Å²) in [5.74, 6) is -3.54. The van der Waals surface area contributed by atoms with Crippen LogP contribution in [0.25, 0.3) is 0 Å². The quantitative estimate of drug-likeness (QED) is 0.637. The summed E-state index contributed by atoms with van der Waals surface area (Å²) >= 11 is 0. The molecule has 2 aromatic rings. The van der Waals surface area contributed by atoms with Gasteiger partial charge < -0.3 is 20.3 Å². The van der Waals surface area contributed by atoms with E-state index < -0.39 is 60.0 Å². The van der Waals surface area contributed by atoms with Gasteiger partial charge in [-0.3, -0.25) is 0 Å². The molecule has 0 aliphatic rings. The lowest BCUT2D eigenvalue weighted by molar-refractivity contribution is -0.159. The van der Waals surface area contributed by atoms with Crippen LogP contribution in [-0.2, 0) is 15.8 Å². The molecule has 0 spiro atoms. The van der Waals surface area contributed by atoms with Gasteiger partial charge >= 0.3 is 18.1 Å². The Balaban J connectivity index is 0.000000801. The first-order chi connectivity index (χ1) is 15.2. The first-order valence-corrected chi connectivity index (χ1v) is 7.73. The molecule has 9 heteroatoms. The molecule has 0 aromatic heterocycles. The Labute approximate surface area is 166 Å². The molecule has 0 saturated carbocycles. The van der Waals surface area contributed by atoms with Gasteiger partial charge in [-0.2, -0.15) is 13.2 Å². The fraction of sp³-hybridized carbons (Fsp3) is 0.263. The normalized spacial score (nSPS) is 14.2. The van der Waals surface area contributed by atoms with Crippen molar-refractivity contribution in [2.24, 2.45) is 0 Å². The van der Waals surface area contributed by atoms with E-state index in [0.717, 1.165) is 24.3 Å². The number of benzene rings is 2. The van der Waals surface area contributed by atoms with Crippen LogP contribution in [0.5, 0.6) is 5.75 Å². The van der Waals surface area contributed by atoms with E-state index >= 15 is 0 Å². The molecule has 0 aliphatic heterocycles. The number of hydrogen-bond acceptors (Lipinski definition) is 4. The summed E-state index contributed by atoms with van der Waals surface area (Å²) in [4.78, 5) is 18.2. The predicted octanol–water partition coefficient (Wildman–Crippen LogP) is 3.59. The molecule has 0 radical (unpaired) electrons. The fourth-order valence-corrected chi connectivity index (χ4v) is 1.85. The predicted molar refractivity (Wildman–Crippen MR) is 95.1 cm³/mol. The Hall–Kier alpha value is -3.07. The second kappa shape index (κ2) is 10.9. The third-order valence-corrected chi connectivity index (χ3v) is 3.14. The topological polar surface area (TPSA) is 95.9 Å². The molecule has 6 nitrogen and oxygen atoms in total. The minimum atomic E-state index is -4.48. The van der Waals surface area contributed by atoms with Crippen molar-refractivity contribution in [1.29, 1.82) is 0 Å². The number of alkyl halides is 3. The van der Waals surface area contributed by atoms with E-state index in [1.165, 1.54) is 0 Å². The number of aliphatic carboxylic acids is 2. The molecule has 1 atom stereocenters. The smallest absolute Gasteiger partial charge is 0.416 e. The van der Waals surface area contributed by atoms with Crippen LogP contribution in [0.3, 0.4) is 0 Å². The maximum atomic E-state index is 12.7. The molecule has 0 aliphatic carbocycles. The number of ether oxygens (including phenoxy) is 1. The molecule has 152 valence electrons. The average Bonchev–Trinajstić information content (AvgIpc) is 2.74. The first-order valence-electron chi connectivity index (χ1n) is 10.2. The van der Waals surface area contributed by atoms with Gasteiger partial charge in [-0.25, -0.2) is 9.59 Å². The number of rotatable bonds is 6. The van der Waals surface area contributed by atoms with E-state index in [0.29, 0.717) is 6.54 Å². The van der Waals surface area contributed by atoms with Crippen LogP contribution >= 0.6 is 0 Å². The van der Waals surface area contributed by atoms with Crippen molar-refractivity contribution in [3.8, 4) is 5.75 Å². The highest BCUT2D eigenvalue weighted by atomic mass is 19.4. The van der Waals surface area contributed by atoms with Crippen molar-refractivity contribution in [3.63, 3.8) is 0 Å². The Morgan fingerprint density at radius 1 is 1.11 bits per heavy atom. The number of nitrogens with one attached hydrogen (secondary N) is 1. The largest absolute Gasteiger partial charge is 0.486 e. The highest BCUT2D eigenvalue weighted by molar-refractivity contribution is 6.27. The lowest BCUT2D eigenvalue weighted by Gasteiger charge is -2.20. The van der Waals surface area contributed by atoms with E-state index in [1.54, 1.807) is 7.05 Å². The highest BCUT2D eigenvalue weighted by Gasteiger charge is 2.30. The third kappa shape index (κ3) is 8.09. The van der Waals surface area contributed by atoms with Gasteiger partial charge in [-0.15, -0.1) is 0 Å². The number of carboxylic acids is 2. The summed E-state index contributed by atoms with van der Waals surface area (Å²) < 4.78 is 83.1. The number of carboxylic acid groups (broad SMARTS) is 2. The Kier molecular flexibility index (Phi) is 6.22. The fourth-order valence-electron chi connectivity index (χ4n) is 1.85. The van der Waals surface area contributed by atoms with Gasteiger partial charge in [0.05, 0.1) is 12.4 Å². The van der Waals surface area contributed by atoms with Crippen molar-refractivity contribution < 1.29 is 44.6 Å². The number of halogens is 3. The van der Waals surface area contributed by atoms with E-state index in [1.807, 2.05) is 0 Å². The van der Waals surface area contributed by atoms with E-state index in [2.05, 4.69) is 5.32 Å². The molecule has 28 heavy (non-hydrogen) atoms. The van der Waals surface area contributed by atoms with Crippen LogP contribution in [0.4, 0.5) is 13.2 Å². The second-order valence-corrected chi connectivity index (χ2v) is 5.17. The number of carbonyl (C=O) groups is 2. The Morgan fingerprint density at radius 3 is 2.07 bits per heavy atom. The zero-order valence-electron chi connectivity index (χ0n) is 19.6. The summed E-state index contributed by atoms with van der Waals surface area (Å²) in [6.45, 7) is 0.410. The standard InChI is InChI=1S/C17H18F3NO.C2H2O4/c1-21-12-11-16(13-5-3-2-4-6-13)22-15-9-7-14(8-10-15)17(18,19)20;3-1(4)2(5)6/h2-10,16,21H,11-12H2,1H3;(H,3,4)(H,5,6)/i2D,3D,4D,5D,6D;. The van der Waals surface area contributed by atoms with Crippen molar-refractivity contribution in [3.05, 3.63) is 65.6 Å². The summed E-state index contributed by atoms with van der Waals surface area (Å²) in [7, 11) is 1.68. The molecule has 0 heterocycles. The van der Waals surface area contributed by atoms with Crippen molar-refractivity contribution in [1.82, 2.24) is 5.32 Å². The van der Waals surface area contributed by atoms with Crippen LogP contribution < -0.4 is 10.1 Å². The van der Waals surface area contributed by atoms with Gasteiger partial charge in [0.1, 0.15) is 11.9 Å². The third-order valence-electron chi connectivity index (χ3n) is 3.14. The minimum absolute atomic E-state index is 0.0313. The lowest BCUT2D eigenvalue weighted by Crippen LogP contribution is -2.16. The molecule has 1 unspecified atom stereocenters. The maximum Gasteiger partial charge on any atom is 0.416 e. The van der Waals surface area contributed by atoms with Gasteiger partial charge in [0.25, 0.3) is 0 Å². The van der Waals surface area contributed by atoms with Gasteiger partial charge in [-0.05, 0) is 43.4 Å². The summed E-state index contributed by atoms with van der Waals surface area (Å²) in [6.07, 6.45) is -5.15. The molecular formula is C19H20F3NO5.